The Morgan fingerprint density at radius 3 is 0.943 bits per heavy atom. The molecule has 0 aromatic heterocycles. The predicted molar refractivity (Wildman–Crippen MR) is 176 cm³/mol. The average molecular weight is 779 g/mol. The van der Waals surface area contributed by atoms with Gasteiger partial charge in [0.15, 0.2) is 69.5 Å². The van der Waals surface area contributed by atoms with Crippen molar-refractivity contribution in [2.24, 2.45) is 0 Å². The van der Waals surface area contributed by atoms with E-state index in [0.717, 1.165) is 23.9 Å². The maximum absolute atomic E-state index is 14.8. The van der Waals surface area contributed by atoms with Crippen molar-refractivity contribution in [2.75, 3.05) is 42.7 Å². The van der Waals surface area contributed by atoms with Gasteiger partial charge in [0.25, 0.3) is 0 Å². The summed E-state index contributed by atoms with van der Waals surface area (Å²) in [5.74, 6) is -21.9. The Bertz CT molecular complexity index is 1870. The predicted octanol–water partition coefficient (Wildman–Crippen LogP) is 10.1. The van der Waals surface area contributed by atoms with Gasteiger partial charge in [-0.15, -0.1) is 11.8 Å². The molecule has 2 atom stereocenters. The maximum atomic E-state index is 14.8. The molecule has 17 heteroatoms. The number of methoxy groups -OCH3 is 6. The van der Waals surface area contributed by atoms with Gasteiger partial charge in [-0.1, -0.05) is 24.3 Å². The zero-order valence-corrected chi connectivity index (χ0v) is 29.2. The third-order valence-electron chi connectivity index (χ3n) is 7.74. The van der Waals surface area contributed by atoms with Crippen LogP contribution in [0.25, 0.3) is 12.2 Å². The van der Waals surface area contributed by atoms with Crippen LogP contribution in [-0.2, 0) is 0 Å². The number of hydrogen-bond acceptors (Lipinski definition) is 7. The van der Waals surface area contributed by atoms with Crippen molar-refractivity contribution in [3.63, 3.8) is 0 Å². The van der Waals surface area contributed by atoms with Crippen LogP contribution >= 0.6 is 11.8 Å². The molecule has 0 fully saturated rings. The van der Waals surface area contributed by atoms with Crippen molar-refractivity contribution in [1.29, 1.82) is 0 Å². The lowest BCUT2D eigenvalue weighted by atomic mass is 10.1. The molecule has 53 heavy (non-hydrogen) atoms. The molecule has 0 heterocycles. The Morgan fingerprint density at radius 2 is 0.679 bits per heavy atom. The fourth-order valence-electron chi connectivity index (χ4n) is 5.20. The van der Waals surface area contributed by atoms with Crippen LogP contribution in [0.15, 0.2) is 36.4 Å². The standard InChI is InChI=1S/C36H28F10O6S/c1-47-19-11-7-15(33(49-3)35(19)51-5)21(13-9-17-23(37)27(41)31(45)28(42)24(17)38)53-22(16-8-12-20(48-2)36(52-6)34(16)50-4)14-10-18-25(39)29(43)32(46)30(44)26(18)40/h7-14,21-22H,1-6H3/b13-9-,14-10-. The van der Waals surface area contributed by atoms with E-state index >= 15 is 0 Å². The lowest BCUT2D eigenvalue weighted by molar-refractivity contribution is 0.322. The third kappa shape index (κ3) is 7.65. The summed E-state index contributed by atoms with van der Waals surface area (Å²) in [6.45, 7) is 0. The van der Waals surface area contributed by atoms with E-state index in [2.05, 4.69) is 0 Å². The normalized spacial score (nSPS) is 12.7. The largest absolute Gasteiger partial charge is 0.493 e. The van der Waals surface area contributed by atoms with Crippen LogP contribution in [0.1, 0.15) is 32.8 Å². The molecule has 2 unspecified atom stereocenters. The molecule has 0 bridgehead atoms. The minimum atomic E-state index is -2.39. The summed E-state index contributed by atoms with van der Waals surface area (Å²) in [5.41, 5.74) is -2.37. The number of ether oxygens (including phenoxy) is 6. The number of rotatable bonds is 14. The van der Waals surface area contributed by atoms with Gasteiger partial charge in [-0.25, -0.2) is 43.9 Å². The molecule has 4 aromatic carbocycles. The highest BCUT2D eigenvalue weighted by Gasteiger charge is 2.30. The maximum Gasteiger partial charge on any atom is 0.203 e. The molecular formula is C36H28F10O6S. The highest BCUT2D eigenvalue weighted by Crippen LogP contribution is 2.53. The van der Waals surface area contributed by atoms with Gasteiger partial charge in [0.2, 0.25) is 23.1 Å². The second-order valence-corrected chi connectivity index (χ2v) is 11.8. The zero-order chi connectivity index (χ0) is 39.3. The summed E-state index contributed by atoms with van der Waals surface area (Å²) in [5, 5.41) is -2.55. The molecule has 0 aliphatic heterocycles. The summed E-state index contributed by atoms with van der Waals surface area (Å²) < 4.78 is 176. The van der Waals surface area contributed by atoms with E-state index in [9.17, 15) is 43.9 Å². The zero-order valence-electron chi connectivity index (χ0n) is 28.4. The average Bonchev–Trinajstić information content (AvgIpc) is 3.17. The van der Waals surface area contributed by atoms with E-state index < -0.39 is 79.8 Å². The van der Waals surface area contributed by atoms with E-state index in [1.807, 2.05) is 0 Å². The highest BCUT2D eigenvalue weighted by molar-refractivity contribution is 8.00. The quantitative estimate of drug-likeness (QED) is 0.0718. The number of hydrogen-bond donors (Lipinski definition) is 0. The van der Waals surface area contributed by atoms with Gasteiger partial charge in [0, 0.05) is 11.1 Å². The topological polar surface area (TPSA) is 55.4 Å². The van der Waals surface area contributed by atoms with Crippen molar-refractivity contribution in [3.05, 3.63) is 117 Å². The molecule has 0 saturated carbocycles. The summed E-state index contributed by atoms with van der Waals surface area (Å²) >= 11 is 0.766. The summed E-state index contributed by atoms with van der Waals surface area (Å²) in [7, 11) is 7.62. The van der Waals surface area contributed by atoms with E-state index in [1.54, 1.807) is 0 Å². The van der Waals surface area contributed by atoms with Gasteiger partial charge in [-0.2, -0.15) is 0 Å². The van der Waals surface area contributed by atoms with Gasteiger partial charge in [0.05, 0.1) is 64.3 Å². The Hall–Kier alpha value is -5.19. The van der Waals surface area contributed by atoms with Crippen LogP contribution < -0.4 is 28.4 Å². The van der Waals surface area contributed by atoms with Crippen molar-refractivity contribution < 1.29 is 72.3 Å². The van der Waals surface area contributed by atoms with Crippen molar-refractivity contribution >= 4 is 23.9 Å². The van der Waals surface area contributed by atoms with Crippen LogP contribution in [0.2, 0.25) is 0 Å². The molecule has 0 aliphatic carbocycles. The summed E-state index contributed by atoms with van der Waals surface area (Å²) in [6, 6.07) is 5.65. The number of benzene rings is 4. The second kappa shape index (κ2) is 17.1. The first-order valence-corrected chi connectivity index (χ1v) is 15.8. The first-order chi connectivity index (χ1) is 25.2. The lowest BCUT2D eigenvalue weighted by Crippen LogP contribution is -2.06. The molecule has 4 rings (SSSR count). The number of thioether (sulfide) groups is 1. The summed E-state index contributed by atoms with van der Waals surface area (Å²) in [4.78, 5) is 0. The van der Waals surface area contributed by atoms with Crippen LogP contribution in [0, 0.1) is 58.2 Å². The van der Waals surface area contributed by atoms with Crippen molar-refractivity contribution in [3.8, 4) is 34.5 Å². The molecule has 0 N–H and O–H groups in total. The first kappa shape index (κ1) is 40.6. The fourth-order valence-corrected chi connectivity index (χ4v) is 6.52. The third-order valence-corrected chi connectivity index (χ3v) is 9.15. The van der Waals surface area contributed by atoms with Crippen molar-refractivity contribution in [2.45, 2.75) is 10.5 Å². The van der Waals surface area contributed by atoms with Crippen molar-refractivity contribution in [1.82, 2.24) is 0 Å². The summed E-state index contributed by atoms with van der Waals surface area (Å²) in [6.07, 6.45) is 3.28. The van der Waals surface area contributed by atoms with Gasteiger partial charge in [0.1, 0.15) is 0 Å². The van der Waals surface area contributed by atoms with E-state index in [4.69, 9.17) is 28.4 Å². The molecule has 284 valence electrons. The van der Waals surface area contributed by atoms with Crippen LogP contribution in [0.4, 0.5) is 43.9 Å². The Labute approximate surface area is 300 Å². The molecule has 0 amide bonds. The minimum Gasteiger partial charge on any atom is -0.493 e. The van der Waals surface area contributed by atoms with Gasteiger partial charge in [-0.05, 0) is 24.3 Å². The molecule has 6 nitrogen and oxygen atoms in total. The Morgan fingerprint density at radius 1 is 0.396 bits per heavy atom. The molecule has 0 radical (unpaired) electrons. The highest BCUT2D eigenvalue weighted by atomic mass is 32.2. The van der Waals surface area contributed by atoms with E-state index in [1.165, 1.54) is 66.9 Å². The van der Waals surface area contributed by atoms with Gasteiger partial charge >= 0.3 is 0 Å². The fraction of sp³-hybridized carbons (Fsp3) is 0.222. The Kier molecular flexibility index (Phi) is 13.1. The van der Waals surface area contributed by atoms with Gasteiger partial charge in [-0.3, -0.25) is 0 Å². The first-order valence-electron chi connectivity index (χ1n) is 14.8. The van der Waals surface area contributed by atoms with Crippen LogP contribution in [-0.4, -0.2) is 42.7 Å². The van der Waals surface area contributed by atoms with Crippen LogP contribution in [0.3, 0.4) is 0 Å². The second-order valence-electron chi connectivity index (χ2n) is 10.5. The molecule has 0 saturated heterocycles. The van der Waals surface area contributed by atoms with Gasteiger partial charge < -0.3 is 28.4 Å². The smallest absolute Gasteiger partial charge is 0.203 e. The Balaban J connectivity index is 2.06. The van der Waals surface area contributed by atoms with Crippen LogP contribution in [0.5, 0.6) is 34.5 Å². The minimum absolute atomic E-state index is 0.0138. The molecule has 0 aliphatic rings. The lowest BCUT2D eigenvalue weighted by Gasteiger charge is -2.25. The molecule has 4 aromatic rings. The van der Waals surface area contributed by atoms with E-state index in [0.29, 0.717) is 12.2 Å². The monoisotopic (exact) mass is 778 g/mol. The molecule has 0 spiro atoms. The van der Waals surface area contributed by atoms with E-state index in [-0.39, 0.29) is 45.6 Å². The SMILES string of the molecule is COc1ccc(C(/C=C\c2c(F)c(F)c(F)c(F)c2F)SC(/C=C\c2c(F)c(F)c(F)c(F)c2F)c2ccc(OC)c(OC)c2OC)c(OC)c1OC. The molecular weight excluding hydrogens is 750 g/mol. The number of halogens is 10.